The van der Waals surface area contributed by atoms with E-state index in [0.29, 0.717) is 0 Å². The van der Waals surface area contributed by atoms with E-state index in [2.05, 4.69) is 34.6 Å². The molecule has 0 aromatic carbocycles. The molecule has 0 saturated heterocycles. The molecule has 0 aliphatic heterocycles. The Morgan fingerprint density at radius 3 is 0.805 bits per heavy atom. The van der Waals surface area contributed by atoms with Crippen LogP contribution in [-0.2, 0) is 9.47 Å². The maximum absolute atomic E-state index is 6.44. The van der Waals surface area contributed by atoms with Crippen LogP contribution in [0.5, 0.6) is 0 Å². The molecule has 0 bridgehead atoms. The van der Waals surface area contributed by atoms with Gasteiger partial charge >= 0.3 is 0 Å². The highest BCUT2D eigenvalue weighted by Crippen LogP contribution is 2.28. The fraction of sp³-hybridized carbons (Fsp3) is 1.00. The van der Waals surface area contributed by atoms with E-state index in [1.54, 1.807) is 0 Å². The highest BCUT2D eigenvalue weighted by molar-refractivity contribution is 4.83. The molecule has 3 nitrogen and oxygen atoms in total. The van der Waals surface area contributed by atoms with Crippen LogP contribution in [0, 0.1) is 5.92 Å². The minimum absolute atomic E-state index is 0.124. The summed E-state index contributed by atoms with van der Waals surface area (Å²) >= 11 is 0. The number of rotatable bonds is 34. The molecule has 0 radical (unpaired) electrons. The smallest absolute Gasteiger partial charge is 0.185 e. The third kappa shape index (κ3) is 25.0. The molecule has 0 aliphatic rings. The normalized spacial score (nSPS) is 13.0. The van der Waals surface area contributed by atoms with Gasteiger partial charge < -0.3 is 15.2 Å². The molecule has 0 aliphatic carbocycles. The molecule has 0 spiro atoms. The van der Waals surface area contributed by atoms with Crippen LogP contribution in [0.2, 0.25) is 0 Å². The van der Waals surface area contributed by atoms with Crippen LogP contribution in [0.3, 0.4) is 0 Å². The zero-order valence-corrected chi connectivity index (χ0v) is 29.3. The predicted molar refractivity (Wildman–Crippen MR) is 184 cm³/mol. The molecule has 1 atom stereocenters. The molecular weight excluding hydrogens is 502 g/mol. The molecule has 0 heterocycles. The maximum atomic E-state index is 6.44. The van der Waals surface area contributed by atoms with Gasteiger partial charge in [-0.3, -0.25) is 0 Å². The first kappa shape index (κ1) is 40.9. The van der Waals surface area contributed by atoms with Crippen molar-refractivity contribution in [2.24, 2.45) is 11.7 Å². The Morgan fingerprint density at radius 2 is 0.610 bits per heavy atom. The van der Waals surface area contributed by atoms with Gasteiger partial charge in [0.2, 0.25) is 0 Å². The van der Waals surface area contributed by atoms with Gasteiger partial charge in [0.05, 0.1) is 19.3 Å². The molecular formula is C38H79NO2. The largest absolute Gasteiger partial charge is 0.348 e. The van der Waals surface area contributed by atoms with E-state index in [1.807, 2.05) is 0 Å². The summed E-state index contributed by atoms with van der Waals surface area (Å²) in [5.74, 6) is -0.395. The number of hydrogen-bond donors (Lipinski definition) is 1. The Kier molecular flexibility index (Phi) is 31.2. The Balaban J connectivity index is 3.78. The standard InChI is InChI=1S/C38H79NO2/c1-6-8-10-12-14-16-18-20-22-24-26-28-30-32-34-40-38(36(3)4,37(5)39)41-35-33-31-29-27-25-23-21-19-17-15-13-11-9-7-2/h36-37H,6-35,39H2,1-5H3. The summed E-state index contributed by atoms with van der Waals surface area (Å²) in [7, 11) is 0. The van der Waals surface area contributed by atoms with E-state index in [9.17, 15) is 0 Å². The van der Waals surface area contributed by atoms with Crippen molar-refractivity contribution in [3.8, 4) is 0 Å². The quantitative estimate of drug-likeness (QED) is 0.0607. The second-order valence-electron chi connectivity index (χ2n) is 13.6. The van der Waals surface area contributed by atoms with Gasteiger partial charge in [0.25, 0.3) is 0 Å². The van der Waals surface area contributed by atoms with Gasteiger partial charge in [-0.15, -0.1) is 0 Å². The van der Waals surface area contributed by atoms with E-state index in [0.717, 1.165) is 26.1 Å². The Morgan fingerprint density at radius 1 is 0.390 bits per heavy atom. The summed E-state index contributed by atoms with van der Waals surface area (Å²) in [6.07, 6.45) is 38.6. The lowest BCUT2D eigenvalue weighted by atomic mass is 9.96. The molecule has 0 amide bonds. The first-order valence-electron chi connectivity index (χ1n) is 19.0. The second kappa shape index (κ2) is 31.3. The minimum Gasteiger partial charge on any atom is -0.348 e. The molecule has 1 unspecified atom stereocenters. The van der Waals surface area contributed by atoms with Crippen molar-refractivity contribution in [2.45, 2.75) is 226 Å². The average Bonchev–Trinajstić information content (AvgIpc) is 2.95. The van der Waals surface area contributed by atoms with Gasteiger partial charge in [0, 0.05) is 5.92 Å². The zero-order valence-electron chi connectivity index (χ0n) is 29.3. The Bertz CT molecular complexity index is 449. The van der Waals surface area contributed by atoms with Crippen molar-refractivity contribution in [2.75, 3.05) is 13.2 Å². The first-order chi connectivity index (χ1) is 20.0. The molecule has 2 N–H and O–H groups in total. The Labute approximate surface area is 260 Å². The van der Waals surface area contributed by atoms with Gasteiger partial charge in [-0.05, 0) is 19.8 Å². The fourth-order valence-electron chi connectivity index (χ4n) is 6.22. The summed E-state index contributed by atoms with van der Waals surface area (Å²) in [6.45, 7) is 12.6. The summed E-state index contributed by atoms with van der Waals surface area (Å²) in [6, 6.07) is -0.124. The van der Waals surface area contributed by atoms with Gasteiger partial charge in [-0.25, -0.2) is 0 Å². The minimum atomic E-state index is -0.646. The summed E-state index contributed by atoms with van der Waals surface area (Å²) < 4.78 is 12.9. The van der Waals surface area contributed by atoms with Gasteiger partial charge in [-0.2, -0.15) is 0 Å². The van der Waals surface area contributed by atoms with E-state index in [4.69, 9.17) is 15.2 Å². The molecule has 3 heteroatoms. The van der Waals surface area contributed by atoms with Crippen LogP contribution >= 0.6 is 0 Å². The summed E-state index contributed by atoms with van der Waals surface area (Å²) in [5.41, 5.74) is 6.44. The molecule has 248 valence electrons. The summed E-state index contributed by atoms with van der Waals surface area (Å²) in [4.78, 5) is 0. The molecule has 0 fully saturated rings. The van der Waals surface area contributed by atoms with Crippen LogP contribution in [-0.4, -0.2) is 25.0 Å². The van der Waals surface area contributed by atoms with E-state index >= 15 is 0 Å². The molecule has 0 saturated carbocycles. The third-order valence-electron chi connectivity index (χ3n) is 9.09. The highest BCUT2D eigenvalue weighted by Gasteiger charge is 2.39. The van der Waals surface area contributed by atoms with Crippen LogP contribution in [0.15, 0.2) is 0 Å². The van der Waals surface area contributed by atoms with Crippen LogP contribution < -0.4 is 5.73 Å². The lowest BCUT2D eigenvalue weighted by Crippen LogP contribution is -2.54. The first-order valence-corrected chi connectivity index (χ1v) is 19.0. The van der Waals surface area contributed by atoms with E-state index in [-0.39, 0.29) is 12.0 Å². The van der Waals surface area contributed by atoms with Gasteiger partial charge in [0.15, 0.2) is 5.79 Å². The van der Waals surface area contributed by atoms with E-state index < -0.39 is 5.79 Å². The maximum Gasteiger partial charge on any atom is 0.185 e. The van der Waals surface area contributed by atoms with Crippen molar-refractivity contribution in [1.29, 1.82) is 0 Å². The van der Waals surface area contributed by atoms with Crippen LogP contribution in [0.25, 0.3) is 0 Å². The topological polar surface area (TPSA) is 44.5 Å². The molecule has 0 aromatic rings. The average molecular weight is 582 g/mol. The second-order valence-corrected chi connectivity index (χ2v) is 13.6. The third-order valence-corrected chi connectivity index (χ3v) is 9.09. The van der Waals surface area contributed by atoms with Gasteiger partial charge in [0.1, 0.15) is 0 Å². The van der Waals surface area contributed by atoms with Crippen molar-refractivity contribution >= 4 is 0 Å². The predicted octanol–water partition coefficient (Wildman–Crippen LogP) is 12.7. The number of ether oxygens (including phenoxy) is 2. The molecule has 0 rings (SSSR count). The lowest BCUT2D eigenvalue weighted by Gasteiger charge is -2.40. The molecule has 41 heavy (non-hydrogen) atoms. The lowest BCUT2D eigenvalue weighted by molar-refractivity contribution is -0.271. The van der Waals surface area contributed by atoms with Crippen molar-refractivity contribution in [3.05, 3.63) is 0 Å². The SMILES string of the molecule is CCCCCCCCCCCCCCCCOC(OCCCCCCCCCCCCCCCC)(C(C)C)C(C)N. The number of hydrogen-bond acceptors (Lipinski definition) is 3. The molecule has 0 aromatic heterocycles. The van der Waals surface area contributed by atoms with Crippen LogP contribution in [0.1, 0.15) is 214 Å². The Hall–Kier alpha value is -0.120. The van der Waals surface area contributed by atoms with Crippen molar-refractivity contribution in [3.63, 3.8) is 0 Å². The van der Waals surface area contributed by atoms with Crippen LogP contribution in [0.4, 0.5) is 0 Å². The number of unbranched alkanes of at least 4 members (excludes halogenated alkanes) is 26. The summed E-state index contributed by atoms with van der Waals surface area (Å²) in [5, 5.41) is 0. The van der Waals surface area contributed by atoms with Crippen molar-refractivity contribution in [1.82, 2.24) is 0 Å². The fourth-order valence-corrected chi connectivity index (χ4v) is 6.22. The highest BCUT2D eigenvalue weighted by atomic mass is 16.7. The monoisotopic (exact) mass is 582 g/mol. The number of nitrogens with two attached hydrogens (primary N) is 1. The van der Waals surface area contributed by atoms with E-state index in [1.165, 1.54) is 167 Å². The van der Waals surface area contributed by atoms with Gasteiger partial charge in [-0.1, -0.05) is 195 Å². The zero-order chi connectivity index (χ0) is 30.3. The van der Waals surface area contributed by atoms with Crippen molar-refractivity contribution < 1.29 is 9.47 Å².